The summed E-state index contributed by atoms with van der Waals surface area (Å²) in [4.78, 5) is 4.18. The summed E-state index contributed by atoms with van der Waals surface area (Å²) in [5, 5.41) is 6.86. The zero-order chi connectivity index (χ0) is 12.0. The topological polar surface area (TPSA) is 37.0 Å². The standard InChI is InChI=1S/C13H23N3/c1-11-9-12(5-6-15-11)10-14-7-8-16-13(2,3)4/h5-6,9,14,16H,7-8,10H2,1-4H3. The Labute approximate surface area is 98.7 Å². The number of hydrogen-bond donors (Lipinski definition) is 2. The van der Waals surface area contributed by atoms with E-state index in [1.807, 2.05) is 13.1 Å². The molecular formula is C13H23N3. The average Bonchev–Trinajstić information content (AvgIpc) is 2.15. The molecule has 0 spiro atoms. The van der Waals surface area contributed by atoms with E-state index in [-0.39, 0.29) is 5.54 Å². The van der Waals surface area contributed by atoms with E-state index in [4.69, 9.17) is 0 Å². The number of nitrogens with zero attached hydrogens (tertiary/aromatic N) is 1. The van der Waals surface area contributed by atoms with Crippen molar-refractivity contribution in [2.24, 2.45) is 0 Å². The van der Waals surface area contributed by atoms with Gasteiger partial charge in [0.25, 0.3) is 0 Å². The molecule has 0 radical (unpaired) electrons. The maximum absolute atomic E-state index is 4.18. The fourth-order valence-electron chi connectivity index (χ4n) is 1.47. The van der Waals surface area contributed by atoms with Gasteiger partial charge in [-0.05, 0) is 45.4 Å². The van der Waals surface area contributed by atoms with E-state index in [0.29, 0.717) is 0 Å². The quantitative estimate of drug-likeness (QED) is 0.745. The van der Waals surface area contributed by atoms with Gasteiger partial charge in [0.2, 0.25) is 0 Å². The van der Waals surface area contributed by atoms with Crippen molar-refractivity contribution in [3.8, 4) is 0 Å². The van der Waals surface area contributed by atoms with Crippen LogP contribution in [-0.2, 0) is 6.54 Å². The summed E-state index contributed by atoms with van der Waals surface area (Å²) in [5.74, 6) is 0. The Morgan fingerprint density at radius 2 is 2.00 bits per heavy atom. The fraction of sp³-hybridized carbons (Fsp3) is 0.615. The van der Waals surface area contributed by atoms with Crippen molar-refractivity contribution >= 4 is 0 Å². The lowest BCUT2D eigenvalue weighted by Gasteiger charge is -2.20. The zero-order valence-electron chi connectivity index (χ0n) is 10.8. The number of pyridine rings is 1. The molecule has 0 aliphatic carbocycles. The first kappa shape index (κ1) is 13.1. The highest BCUT2D eigenvalue weighted by molar-refractivity contribution is 5.14. The maximum Gasteiger partial charge on any atom is 0.0375 e. The van der Waals surface area contributed by atoms with Crippen molar-refractivity contribution in [3.05, 3.63) is 29.6 Å². The molecule has 0 saturated heterocycles. The Hall–Kier alpha value is -0.930. The van der Waals surface area contributed by atoms with Gasteiger partial charge in [0, 0.05) is 37.1 Å². The summed E-state index contributed by atoms with van der Waals surface area (Å²) in [7, 11) is 0. The molecule has 3 heteroatoms. The number of hydrogen-bond acceptors (Lipinski definition) is 3. The minimum Gasteiger partial charge on any atom is -0.311 e. The van der Waals surface area contributed by atoms with Crippen LogP contribution >= 0.6 is 0 Å². The van der Waals surface area contributed by atoms with Crippen LogP contribution in [0.25, 0.3) is 0 Å². The van der Waals surface area contributed by atoms with Crippen LogP contribution in [-0.4, -0.2) is 23.6 Å². The minimum absolute atomic E-state index is 0.203. The molecule has 1 aromatic rings. The van der Waals surface area contributed by atoms with Gasteiger partial charge in [-0.15, -0.1) is 0 Å². The van der Waals surface area contributed by atoms with Crippen LogP contribution in [0.2, 0.25) is 0 Å². The molecule has 0 aliphatic rings. The Kier molecular flexibility index (Phi) is 4.90. The number of aryl methyl sites for hydroxylation is 1. The molecule has 90 valence electrons. The van der Waals surface area contributed by atoms with E-state index in [2.05, 4.69) is 48.5 Å². The second-order valence-electron chi connectivity index (χ2n) is 5.16. The molecule has 1 aromatic heterocycles. The van der Waals surface area contributed by atoms with Crippen LogP contribution < -0.4 is 10.6 Å². The van der Waals surface area contributed by atoms with E-state index < -0.39 is 0 Å². The van der Waals surface area contributed by atoms with Gasteiger partial charge in [0.05, 0.1) is 0 Å². The molecule has 2 N–H and O–H groups in total. The second-order valence-corrected chi connectivity index (χ2v) is 5.16. The molecule has 0 aromatic carbocycles. The van der Waals surface area contributed by atoms with Crippen LogP contribution in [0.4, 0.5) is 0 Å². The van der Waals surface area contributed by atoms with Gasteiger partial charge in [-0.25, -0.2) is 0 Å². The Bertz CT molecular complexity index is 315. The van der Waals surface area contributed by atoms with E-state index in [1.54, 1.807) is 0 Å². The third-order valence-corrected chi connectivity index (χ3v) is 2.25. The van der Waals surface area contributed by atoms with Gasteiger partial charge in [-0.2, -0.15) is 0 Å². The SMILES string of the molecule is Cc1cc(CNCCNC(C)(C)C)ccn1. The van der Waals surface area contributed by atoms with Crippen LogP contribution in [0.1, 0.15) is 32.0 Å². The maximum atomic E-state index is 4.18. The summed E-state index contributed by atoms with van der Waals surface area (Å²) >= 11 is 0. The molecular weight excluding hydrogens is 198 g/mol. The largest absolute Gasteiger partial charge is 0.311 e. The number of aromatic nitrogens is 1. The fourth-order valence-corrected chi connectivity index (χ4v) is 1.47. The molecule has 3 nitrogen and oxygen atoms in total. The third-order valence-electron chi connectivity index (χ3n) is 2.25. The lowest BCUT2D eigenvalue weighted by Crippen LogP contribution is -2.40. The van der Waals surface area contributed by atoms with Gasteiger partial charge in [0.15, 0.2) is 0 Å². The molecule has 0 unspecified atom stereocenters. The Morgan fingerprint density at radius 3 is 2.62 bits per heavy atom. The second kappa shape index (κ2) is 5.97. The van der Waals surface area contributed by atoms with Crippen LogP contribution in [0, 0.1) is 6.92 Å². The lowest BCUT2D eigenvalue weighted by atomic mass is 10.1. The molecule has 1 heterocycles. The first-order chi connectivity index (χ1) is 7.47. The summed E-state index contributed by atoms with van der Waals surface area (Å²) in [6, 6.07) is 4.17. The summed E-state index contributed by atoms with van der Waals surface area (Å²) in [6.45, 7) is 11.4. The van der Waals surface area contributed by atoms with Crippen molar-refractivity contribution in [1.29, 1.82) is 0 Å². The van der Waals surface area contributed by atoms with Gasteiger partial charge >= 0.3 is 0 Å². The van der Waals surface area contributed by atoms with E-state index >= 15 is 0 Å². The molecule has 1 rings (SSSR count). The molecule has 0 atom stereocenters. The molecule has 0 fully saturated rings. The van der Waals surface area contributed by atoms with E-state index in [9.17, 15) is 0 Å². The summed E-state index contributed by atoms with van der Waals surface area (Å²) < 4.78 is 0. The van der Waals surface area contributed by atoms with Crippen molar-refractivity contribution in [2.45, 2.75) is 39.8 Å². The van der Waals surface area contributed by atoms with Crippen LogP contribution in [0.3, 0.4) is 0 Å². The van der Waals surface area contributed by atoms with Crippen molar-refractivity contribution in [3.63, 3.8) is 0 Å². The highest BCUT2D eigenvalue weighted by Crippen LogP contribution is 2.00. The Balaban J connectivity index is 2.17. The number of rotatable bonds is 5. The lowest BCUT2D eigenvalue weighted by molar-refractivity contribution is 0.421. The highest BCUT2D eigenvalue weighted by atomic mass is 15.0. The number of nitrogens with one attached hydrogen (secondary N) is 2. The first-order valence-corrected chi connectivity index (χ1v) is 5.85. The van der Waals surface area contributed by atoms with Crippen LogP contribution in [0.5, 0.6) is 0 Å². The predicted molar refractivity (Wildman–Crippen MR) is 68.4 cm³/mol. The van der Waals surface area contributed by atoms with Crippen molar-refractivity contribution in [1.82, 2.24) is 15.6 Å². The van der Waals surface area contributed by atoms with E-state index in [0.717, 1.165) is 25.3 Å². The van der Waals surface area contributed by atoms with Gasteiger partial charge in [-0.1, -0.05) is 0 Å². The summed E-state index contributed by atoms with van der Waals surface area (Å²) in [5.41, 5.74) is 2.57. The molecule has 0 saturated carbocycles. The van der Waals surface area contributed by atoms with Crippen molar-refractivity contribution < 1.29 is 0 Å². The highest BCUT2D eigenvalue weighted by Gasteiger charge is 2.06. The smallest absolute Gasteiger partial charge is 0.0375 e. The minimum atomic E-state index is 0.203. The van der Waals surface area contributed by atoms with Crippen LogP contribution in [0.15, 0.2) is 18.3 Å². The zero-order valence-corrected chi connectivity index (χ0v) is 10.8. The monoisotopic (exact) mass is 221 g/mol. The first-order valence-electron chi connectivity index (χ1n) is 5.85. The Morgan fingerprint density at radius 1 is 1.25 bits per heavy atom. The molecule has 16 heavy (non-hydrogen) atoms. The predicted octanol–water partition coefficient (Wildman–Crippen LogP) is 1.87. The normalized spacial score (nSPS) is 11.8. The van der Waals surface area contributed by atoms with Gasteiger partial charge < -0.3 is 10.6 Å². The summed E-state index contributed by atoms with van der Waals surface area (Å²) in [6.07, 6.45) is 1.86. The average molecular weight is 221 g/mol. The third kappa shape index (κ3) is 5.83. The molecule has 0 aliphatic heterocycles. The van der Waals surface area contributed by atoms with Crippen molar-refractivity contribution in [2.75, 3.05) is 13.1 Å². The van der Waals surface area contributed by atoms with E-state index in [1.165, 1.54) is 5.56 Å². The van der Waals surface area contributed by atoms with Gasteiger partial charge in [-0.3, -0.25) is 4.98 Å². The molecule has 0 amide bonds. The molecule has 0 bridgehead atoms. The van der Waals surface area contributed by atoms with Gasteiger partial charge in [0.1, 0.15) is 0 Å².